The van der Waals surface area contributed by atoms with Gasteiger partial charge in [-0.3, -0.25) is 0 Å². The fourth-order valence-electron chi connectivity index (χ4n) is 2.33. The molecule has 0 aromatic carbocycles. The van der Waals surface area contributed by atoms with Crippen LogP contribution in [0.5, 0.6) is 0 Å². The summed E-state index contributed by atoms with van der Waals surface area (Å²) in [5.41, 5.74) is 0. The van der Waals surface area contributed by atoms with Crippen molar-refractivity contribution >= 4 is 26.0 Å². The van der Waals surface area contributed by atoms with Crippen molar-refractivity contribution < 1.29 is 8.42 Å². The van der Waals surface area contributed by atoms with Crippen LogP contribution < -0.4 is 4.72 Å². The van der Waals surface area contributed by atoms with E-state index in [0.717, 1.165) is 25.7 Å². The molecule has 6 nitrogen and oxygen atoms in total. The number of halogens is 1. The summed E-state index contributed by atoms with van der Waals surface area (Å²) in [4.78, 5) is 0. The molecular formula is C10H15BrN4O2S. The number of hydrogen-bond donors (Lipinski definition) is 1. The highest BCUT2D eigenvalue weighted by atomic mass is 79.9. The highest BCUT2D eigenvalue weighted by Crippen LogP contribution is 2.45. The molecule has 8 heteroatoms. The molecule has 3 rings (SSSR count). The monoisotopic (exact) mass is 334 g/mol. The molecule has 1 N–H and O–H groups in total. The van der Waals surface area contributed by atoms with Crippen LogP contribution in [0.2, 0.25) is 0 Å². The smallest absolute Gasteiger partial charge is 0.235 e. The molecule has 0 atom stereocenters. The van der Waals surface area contributed by atoms with E-state index in [4.69, 9.17) is 0 Å². The molecule has 18 heavy (non-hydrogen) atoms. The third kappa shape index (κ3) is 2.33. The first-order valence-electron chi connectivity index (χ1n) is 6.06. The van der Waals surface area contributed by atoms with Crippen molar-refractivity contribution in [2.75, 3.05) is 0 Å². The summed E-state index contributed by atoms with van der Waals surface area (Å²) in [6.07, 6.45) is 4.53. The summed E-state index contributed by atoms with van der Waals surface area (Å²) in [5.74, 6) is 1.04. The fraction of sp³-hybridized carbons (Fsp3) is 0.800. The molecule has 1 aromatic heterocycles. The Bertz CT molecular complexity index is 531. The molecule has 2 aliphatic rings. The fourth-order valence-corrected chi connectivity index (χ4v) is 4.80. The third-order valence-corrected chi connectivity index (χ3v) is 5.89. The van der Waals surface area contributed by atoms with Gasteiger partial charge < -0.3 is 0 Å². The van der Waals surface area contributed by atoms with E-state index >= 15 is 0 Å². The van der Waals surface area contributed by atoms with Gasteiger partial charge in [-0.1, -0.05) is 5.21 Å². The summed E-state index contributed by atoms with van der Waals surface area (Å²) in [6.45, 7) is 0. The molecule has 0 saturated heterocycles. The molecule has 0 amide bonds. The molecule has 0 aliphatic heterocycles. The molecule has 1 heterocycles. The Balaban J connectivity index is 1.86. The number of aromatic nitrogens is 3. The Hall–Kier alpha value is -0.470. The van der Waals surface area contributed by atoms with Crippen LogP contribution in [-0.4, -0.2) is 29.5 Å². The Kier molecular flexibility index (Phi) is 2.98. The van der Waals surface area contributed by atoms with Gasteiger partial charge in [0.1, 0.15) is 0 Å². The lowest BCUT2D eigenvalue weighted by Gasteiger charge is -2.17. The second kappa shape index (κ2) is 4.28. The second-order valence-electron chi connectivity index (χ2n) is 5.13. The Morgan fingerprint density at radius 2 is 1.89 bits per heavy atom. The molecule has 100 valence electrons. The Morgan fingerprint density at radius 3 is 2.28 bits per heavy atom. The first-order chi connectivity index (χ1) is 8.49. The maximum absolute atomic E-state index is 12.4. The van der Waals surface area contributed by atoms with Crippen molar-refractivity contribution in [1.29, 1.82) is 0 Å². The molecule has 0 unspecified atom stereocenters. The lowest BCUT2D eigenvalue weighted by atomic mass is 10.1. The van der Waals surface area contributed by atoms with Gasteiger partial charge in [-0.15, -0.1) is 5.10 Å². The van der Waals surface area contributed by atoms with Gasteiger partial charge in [-0.2, -0.15) is 0 Å². The quantitative estimate of drug-likeness (QED) is 0.872. The summed E-state index contributed by atoms with van der Waals surface area (Å²) in [6, 6.07) is 0.0943. The average Bonchev–Trinajstić information content (AvgIpc) is 3.15. The predicted molar refractivity (Wildman–Crippen MR) is 68.3 cm³/mol. The number of rotatable bonds is 5. The van der Waals surface area contributed by atoms with E-state index in [1.165, 1.54) is 4.68 Å². The minimum Gasteiger partial charge on any atom is -0.235 e. The largest absolute Gasteiger partial charge is 0.260 e. The second-order valence-corrected chi connectivity index (χ2v) is 7.51. The van der Waals surface area contributed by atoms with Gasteiger partial charge in [-0.25, -0.2) is 17.8 Å². The number of sulfonamides is 1. The maximum Gasteiger partial charge on any atom is 0.260 e. The normalized spacial score (nSPS) is 20.6. The van der Waals surface area contributed by atoms with Gasteiger partial charge in [0, 0.05) is 13.1 Å². The van der Waals surface area contributed by atoms with Crippen molar-refractivity contribution in [1.82, 2.24) is 19.7 Å². The van der Waals surface area contributed by atoms with Crippen LogP contribution in [0.1, 0.15) is 25.7 Å². The molecule has 0 bridgehead atoms. The molecule has 2 fully saturated rings. The standard InChI is InChI=1S/C10H15BrN4O2S/c1-15-10(9(11)12-14-15)18(16,17)13-8(6-2-3-6)7-4-5-7/h6-8,13H,2-5H2,1H3. The number of aryl methyl sites for hydroxylation is 1. The van der Waals surface area contributed by atoms with Crippen LogP contribution in [0.4, 0.5) is 0 Å². The SMILES string of the molecule is Cn1nnc(Br)c1S(=O)(=O)NC(C1CC1)C1CC1. The summed E-state index contributed by atoms with van der Waals surface area (Å²) in [7, 11) is -1.97. The van der Waals surface area contributed by atoms with Gasteiger partial charge in [-0.05, 0) is 53.4 Å². The van der Waals surface area contributed by atoms with Crippen molar-refractivity contribution in [3.63, 3.8) is 0 Å². The number of nitrogens with zero attached hydrogens (tertiary/aromatic N) is 3. The topological polar surface area (TPSA) is 76.9 Å². The summed E-state index contributed by atoms with van der Waals surface area (Å²) in [5, 5.41) is 7.54. The van der Waals surface area contributed by atoms with Crippen LogP contribution in [0, 0.1) is 11.8 Å². The minimum absolute atomic E-state index is 0.0943. The van der Waals surface area contributed by atoms with E-state index in [1.54, 1.807) is 7.05 Å². The predicted octanol–water partition coefficient (Wildman–Crippen LogP) is 1.04. The first kappa shape index (κ1) is 12.6. The van der Waals surface area contributed by atoms with Gasteiger partial charge in [0.2, 0.25) is 5.03 Å². The number of nitrogens with one attached hydrogen (secondary N) is 1. The lowest BCUT2D eigenvalue weighted by molar-refractivity contribution is 0.466. The molecule has 0 radical (unpaired) electrons. The Morgan fingerprint density at radius 1 is 1.33 bits per heavy atom. The third-order valence-electron chi connectivity index (χ3n) is 3.54. The van der Waals surface area contributed by atoms with Crippen molar-refractivity contribution in [3.05, 3.63) is 4.60 Å². The van der Waals surface area contributed by atoms with Gasteiger partial charge in [0.25, 0.3) is 10.0 Å². The molecular weight excluding hydrogens is 320 g/mol. The van der Waals surface area contributed by atoms with Crippen LogP contribution in [0.25, 0.3) is 0 Å². The Labute approximate surface area is 114 Å². The van der Waals surface area contributed by atoms with Crippen molar-refractivity contribution in [2.24, 2.45) is 18.9 Å². The number of hydrogen-bond acceptors (Lipinski definition) is 4. The van der Waals surface area contributed by atoms with Crippen molar-refractivity contribution in [2.45, 2.75) is 36.8 Å². The van der Waals surface area contributed by atoms with Crippen molar-refractivity contribution in [3.8, 4) is 0 Å². The van der Waals surface area contributed by atoms with E-state index < -0.39 is 10.0 Å². The molecule has 2 saturated carbocycles. The zero-order valence-electron chi connectivity index (χ0n) is 10.0. The molecule has 0 spiro atoms. The lowest BCUT2D eigenvalue weighted by Crippen LogP contribution is -2.38. The maximum atomic E-state index is 12.4. The van der Waals surface area contributed by atoms with Crippen LogP contribution in [-0.2, 0) is 17.1 Å². The van der Waals surface area contributed by atoms with Crippen LogP contribution >= 0.6 is 15.9 Å². The van der Waals surface area contributed by atoms with E-state index in [0.29, 0.717) is 11.8 Å². The van der Waals surface area contributed by atoms with Gasteiger partial charge in [0.05, 0.1) is 0 Å². The first-order valence-corrected chi connectivity index (χ1v) is 8.34. The minimum atomic E-state index is -3.55. The van der Waals surface area contributed by atoms with Crippen LogP contribution in [0.3, 0.4) is 0 Å². The van der Waals surface area contributed by atoms with Crippen LogP contribution in [0.15, 0.2) is 9.63 Å². The van der Waals surface area contributed by atoms with E-state index in [-0.39, 0.29) is 15.7 Å². The average molecular weight is 335 g/mol. The van der Waals surface area contributed by atoms with E-state index in [1.807, 2.05) is 0 Å². The summed E-state index contributed by atoms with van der Waals surface area (Å²) >= 11 is 3.13. The zero-order chi connectivity index (χ0) is 12.9. The van der Waals surface area contributed by atoms with E-state index in [2.05, 4.69) is 31.0 Å². The zero-order valence-corrected chi connectivity index (χ0v) is 12.4. The molecule has 2 aliphatic carbocycles. The highest BCUT2D eigenvalue weighted by molar-refractivity contribution is 9.10. The summed E-state index contributed by atoms with van der Waals surface area (Å²) < 4.78 is 29.1. The van der Waals surface area contributed by atoms with Gasteiger partial charge in [0.15, 0.2) is 4.60 Å². The van der Waals surface area contributed by atoms with Gasteiger partial charge >= 0.3 is 0 Å². The van der Waals surface area contributed by atoms with E-state index in [9.17, 15) is 8.42 Å². The highest BCUT2D eigenvalue weighted by Gasteiger charge is 2.44. The molecule has 1 aromatic rings.